The molecule has 10 heteroatoms. The maximum Gasteiger partial charge on any atom is 0.321 e. The Bertz CT molecular complexity index is 941. The lowest BCUT2D eigenvalue weighted by Crippen LogP contribution is -2.48. The molecule has 0 atom stereocenters. The molecule has 8 nitrogen and oxygen atoms in total. The van der Waals surface area contributed by atoms with Crippen LogP contribution in [0.1, 0.15) is 0 Å². The fourth-order valence-electron chi connectivity index (χ4n) is 3.15. The van der Waals surface area contributed by atoms with E-state index >= 15 is 0 Å². The first-order valence-corrected chi connectivity index (χ1v) is 11.1. The summed E-state index contributed by atoms with van der Waals surface area (Å²) >= 11 is 0. The molecular weight excluding hydrogens is 442 g/mol. The van der Waals surface area contributed by atoms with E-state index < -0.39 is 5.82 Å². The minimum absolute atomic E-state index is 0.163. The number of benzene rings is 2. The summed E-state index contributed by atoms with van der Waals surface area (Å²) in [5, 5.41) is 5.97. The van der Waals surface area contributed by atoms with E-state index in [4.69, 9.17) is 0 Å². The number of anilines is 1. The summed E-state index contributed by atoms with van der Waals surface area (Å²) in [5.41, 5.74) is 0.781. The number of carbonyl (C=O) groups is 1. The summed E-state index contributed by atoms with van der Waals surface area (Å²) in [6.45, 7) is 7.90. The van der Waals surface area contributed by atoms with Crippen molar-refractivity contribution < 1.29 is 18.4 Å². The Kier molecular flexibility index (Phi) is 11.8. The fraction of sp³-hybridized carbons (Fsp3) is 0.417. The molecule has 2 aromatic carbocycles. The molecular formula is C24H32F2N6O2. The van der Waals surface area contributed by atoms with Crippen LogP contribution in [-0.4, -0.2) is 93.3 Å². The zero-order valence-electron chi connectivity index (χ0n) is 19.6. The number of likely N-dealkylation sites (N-methyl/N-ethyl adjacent to an activating group) is 2. The third-order valence-corrected chi connectivity index (χ3v) is 5.19. The van der Waals surface area contributed by atoms with Crippen LogP contribution >= 0.6 is 0 Å². The Morgan fingerprint density at radius 3 is 2.03 bits per heavy atom. The zero-order valence-corrected chi connectivity index (χ0v) is 19.6. The van der Waals surface area contributed by atoms with Crippen molar-refractivity contribution in [2.45, 2.75) is 0 Å². The maximum absolute atomic E-state index is 12.9. The van der Waals surface area contributed by atoms with Gasteiger partial charge in [-0.3, -0.25) is 0 Å². The molecule has 0 radical (unpaired) electrons. The van der Waals surface area contributed by atoms with Crippen LogP contribution in [0.2, 0.25) is 0 Å². The number of piperazine rings is 2. The van der Waals surface area contributed by atoms with E-state index in [1.54, 1.807) is 17.0 Å². The van der Waals surface area contributed by atoms with Gasteiger partial charge in [0, 0.05) is 64.1 Å². The summed E-state index contributed by atoms with van der Waals surface area (Å²) < 4.78 is 25.2. The van der Waals surface area contributed by atoms with Gasteiger partial charge < -0.3 is 25.3 Å². The van der Waals surface area contributed by atoms with Gasteiger partial charge in [0.15, 0.2) is 0 Å². The third kappa shape index (κ3) is 10.6. The Morgan fingerprint density at radius 2 is 1.50 bits per heavy atom. The average molecular weight is 475 g/mol. The van der Waals surface area contributed by atoms with Gasteiger partial charge >= 0.3 is 6.03 Å². The number of aliphatic imine (C=N–C) groups is 1. The van der Waals surface area contributed by atoms with Gasteiger partial charge in [-0.15, -0.1) is 0 Å². The van der Waals surface area contributed by atoms with Crippen molar-refractivity contribution in [1.82, 2.24) is 20.0 Å². The van der Waals surface area contributed by atoms with Crippen molar-refractivity contribution in [3.63, 3.8) is 0 Å². The van der Waals surface area contributed by atoms with Crippen molar-refractivity contribution in [3.05, 3.63) is 60.2 Å². The highest BCUT2D eigenvalue weighted by atomic mass is 19.1. The van der Waals surface area contributed by atoms with Crippen LogP contribution in [-0.2, 0) is 4.79 Å². The molecule has 4 rings (SSSR count). The Hall–Kier alpha value is -3.17. The number of halogens is 2. The lowest BCUT2D eigenvalue weighted by Gasteiger charge is -2.32. The van der Waals surface area contributed by atoms with Gasteiger partial charge in [-0.05, 0) is 44.4 Å². The van der Waals surface area contributed by atoms with E-state index in [0.717, 1.165) is 32.2 Å². The van der Waals surface area contributed by atoms with Crippen LogP contribution in [0.15, 0.2) is 53.5 Å². The average Bonchev–Trinajstić information content (AvgIpc) is 2.81. The number of hydrogen-bond acceptors (Lipinski definition) is 6. The van der Waals surface area contributed by atoms with Crippen LogP contribution in [0.5, 0.6) is 0 Å². The summed E-state index contributed by atoms with van der Waals surface area (Å²) in [4.78, 5) is 31.0. The largest absolute Gasteiger partial charge is 0.322 e. The summed E-state index contributed by atoms with van der Waals surface area (Å²) in [5.74, 6) is -0.752. The molecule has 2 aliphatic rings. The number of amides is 2. The molecule has 2 N–H and O–H groups in total. The van der Waals surface area contributed by atoms with Crippen molar-refractivity contribution >= 4 is 23.5 Å². The lowest BCUT2D eigenvalue weighted by atomic mass is 10.3. The first kappa shape index (κ1) is 27.1. The van der Waals surface area contributed by atoms with Crippen LogP contribution in [0.4, 0.5) is 25.0 Å². The summed E-state index contributed by atoms with van der Waals surface area (Å²) in [6.07, 6.45) is 1.32. The standard InChI is InChI=1S/C12H16FN3O.C7H4FNO.C5H12N2/c1-15-5-7-16(8-6-15)12(17)14-11-4-2-3-10(13)9-11;8-6-2-1-3-7(4-6)9-5-10;1-7-4-2-6-3-5-7/h2-4,9H,5-8H2,1H3,(H,14,17);1-4H;6H,2-5H2,1H3. The van der Waals surface area contributed by atoms with Crippen molar-refractivity contribution in [3.8, 4) is 0 Å². The van der Waals surface area contributed by atoms with Crippen molar-refractivity contribution in [2.75, 3.05) is 71.8 Å². The van der Waals surface area contributed by atoms with Gasteiger partial charge in [0.1, 0.15) is 11.6 Å². The fourth-order valence-corrected chi connectivity index (χ4v) is 3.15. The van der Waals surface area contributed by atoms with E-state index in [1.807, 2.05) is 7.05 Å². The van der Waals surface area contributed by atoms with Crippen LogP contribution in [0.25, 0.3) is 0 Å². The molecule has 2 amide bonds. The second-order valence-electron chi connectivity index (χ2n) is 7.97. The molecule has 2 fully saturated rings. The minimum atomic E-state index is -0.406. The smallest absolute Gasteiger partial charge is 0.321 e. The molecule has 0 aliphatic carbocycles. The van der Waals surface area contributed by atoms with E-state index in [9.17, 15) is 18.4 Å². The molecule has 0 saturated carbocycles. The molecule has 2 saturated heterocycles. The molecule has 34 heavy (non-hydrogen) atoms. The SMILES string of the molecule is CN1CCN(C(=O)Nc2cccc(F)c2)CC1.CN1CCNCC1.O=C=Nc1cccc(F)c1. The summed E-state index contributed by atoms with van der Waals surface area (Å²) in [6, 6.07) is 11.2. The molecule has 2 aliphatic heterocycles. The van der Waals surface area contributed by atoms with E-state index in [1.165, 1.54) is 49.5 Å². The Balaban J connectivity index is 0.000000202. The van der Waals surface area contributed by atoms with Gasteiger partial charge in [-0.2, -0.15) is 4.99 Å². The van der Waals surface area contributed by atoms with Gasteiger partial charge in [-0.1, -0.05) is 12.1 Å². The van der Waals surface area contributed by atoms with Gasteiger partial charge in [0.05, 0.1) is 5.69 Å². The minimum Gasteiger partial charge on any atom is -0.322 e. The normalized spacial score (nSPS) is 16.2. The molecule has 0 spiro atoms. The van der Waals surface area contributed by atoms with E-state index in [2.05, 4.69) is 32.5 Å². The molecule has 2 aromatic rings. The first-order chi connectivity index (χ1) is 16.4. The van der Waals surface area contributed by atoms with E-state index in [-0.39, 0.29) is 17.5 Å². The number of hydrogen-bond donors (Lipinski definition) is 2. The van der Waals surface area contributed by atoms with Crippen molar-refractivity contribution in [1.29, 1.82) is 0 Å². The van der Waals surface area contributed by atoms with Gasteiger partial charge in [0.25, 0.3) is 0 Å². The predicted molar refractivity (Wildman–Crippen MR) is 129 cm³/mol. The first-order valence-electron chi connectivity index (χ1n) is 11.1. The highest BCUT2D eigenvalue weighted by Crippen LogP contribution is 2.12. The van der Waals surface area contributed by atoms with Gasteiger partial charge in [-0.25, -0.2) is 18.4 Å². The lowest BCUT2D eigenvalue weighted by molar-refractivity contribution is 0.164. The number of isocyanates is 1. The predicted octanol–water partition coefficient (Wildman–Crippen LogP) is 2.92. The quantitative estimate of drug-likeness (QED) is 0.517. The molecule has 0 aromatic heterocycles. The Morgan fingerprint density at radius 1 is 0.912 bits per heavy atom. The number of rotatable bonds is 2. The monoisotopic (exact) mass is 474 g/mol. The third-order valence-electron chi connectivity index (χ3n) is 5.19. The van der Waals surface area contributed by atoms with Crippen molar-refractivity contribution in [2.24, 2.45) is 4.99 Å². The van der Waals surface area contributed by atoms with E-state index in [0.29, 0.717) is 18.8 Å². The number of carbonyl (C=O) groups excluding carboxylic acids is 2. The summed E-state index contributed by atoms with van der Waals surface area (Å²) in [7, 11) is 4.18. The van der Waals surface area contributed by atoms with Crippen LogP contribution in [0.3, 0.4) is 0 Å². The van der Waals surface area contributed by atoms with Crippen LogP contribution in [0, 0.1) is 11.6 Å². The second kappa shape index (κ2) is 14.9. The number of urea groups is 1. The molecule has 184 valence electrons. The molecule has 2 heterocycles. The second-order valence-corrected chi connectivity index (χ2v) is 7.97. The van der Waals surface area contributed by atoms with Crippen LogP contribution < -0.4 is 10.6 Å². The maximum atomic E-state index is 12.9. The number of nitrogens with zero attached hydrogens (tertiary/aromatic N) is 4. The number of nitrogens with one attached hydrogen (secondary N) is 2. The highest BCUT2D eigenvalue weighted by molar-refractivity contribution is 5.89. The topological polar surface area (TPSA) is 80.3 Å². The zero-order chi connectivity index (χ0) is 24.8. The molecule has 0 unspecified atom stereocenters. The Labute approximate surface area is 199 Å². The highest BCUT2D eigenvalue weighted by Gasteiger charge is 2.18. The molecule has 0 bridgehead atoms. The van der Waals surface area contributed by atoms with Gasteiger partial charge in [0.2, 0.25) is 6.08 Å².